The van der Waals surface area contributed by atoms with Gasteiger partial charge < -0.3 is 15.2 Å². The predicted octanol–water partition coefficient (Wildman–Crippen LogP) is 2.24. The Hall–Kier alpha value is -1.26. The van der Waals surface area contributed by atoms with Crippen molar-refractivity contribution in [2.24, 2.45) is 0 Å². The first-order chi connectivity index (χ1) is 8.58. The summed E-state index contributed by atoms with van der Waals surface area (Å²) in [5.41, 5.74) is 0.458. The highest BCUT2D eigenvalue weighted by Gasteiger charge is 2.10. The molecule has 1 unspecified atom stereocenters. The summed E-state index contributed by atoms with van der Waals surface area (Å²) in [4.78, 5) is 11.8. The van der Waals surface area contributed by atoms with Gasteiger partial charge in [-0.05, 0) is 24.6 Å². The number of amides is 1. The van der Waals surface area contributed by atoms with Crippen molar-refractivity contribution in [3.63, 3.8) is 0 Å². The molecule has 0 aliphatic carbocycles. The molecule has 1 amide bonds. The van der Waals surface area contributed by atoms with Gasteiger partial charge in [0.25, 0.3) is 5.91 Å². The van der Waals surface area contributed by atoms with Crippen LogP contribution in [0.5, 0.6) is 5.75 Å². The number of hydrogen-bond acceptors (Lipinski definition) is 3. The second-order valence-corrected chi connectivity index (χ2v) is 4.41. The van der Waals surface area contributed by atoms with E-state index in [2.05, 4.69) is 5.32 Å². The Morgan fingerprint density at radius 3 is 2.89 bits per heavy atom. The van der Waals surface area contributed by atoms with Crippen molar-refractivity contribution >= 4 is 17.5 Å². The molecule has 0 saturated heterocycles. The summed E-state index contributed by atoms with van der Waals surface area (Å²) in [5, 5.41) is 12.7. The topological polar surface area (TPSA) is 58.6 Å². The Kier molecular flexibility index (Phi) is 5.95. The molecule has 4 nitrogen and oxygen atoms in total. The van der Waals surface area contributed by atoms with Gasteiger partial charge in [0.05, 0.1) is 18.2 Å². The third kappa shape index (κ3) is 4.20. The molecule has 0 spiro atoms. The number of halogens is 1. The lowest BCUT2D eigenvalue weighted by atomic mass is 10.2. The lowest BCUT2D eigenvalue weighted by molar-refractivity contribution is 0.0910. The highest BCUT2D eigenvalue weighted by Crippen LogP contribution is 2.24. The molecule has 0 aliphatic rings. The summed E-state index contributed by atoms with van der Waals surface area (Å²) in [5.74, 6) is 0.207. The first kappa shape index (κ1) is 14.8. The van der Waals surface area contributed by atoms with Crippen molar-refractivity contribution in [3.8, 4) is 5.75 Å². The van der Waals surface area contributed by atoms with Crippen LogP contribution in [0.25, 0.3) is 0 Å². The van der Waals surface area contributed by atoms with Gasteiger partial charge in [0, 0.05) is 12.1 Å². The fraction of sp³-hybridized carbons (Fsp3) is 0.462. The lowest BCUT2D eigenvalue weighted by Gasteiger charge is -2.11. The summed E-state index contributed by atoms with van der Waals surface area (Å²) in [6.45, 7) is 2.23. The van der Waals surface area contributed by atoms with E-state index >= 15 is 0 Å². The maximum Gasteiger partial charge on any atom is 0.251 e. The van der Waals surface area contributed by atoms with Crippen LogP contribution in [-0.4, -0.2) is 30.8 Å². The van der Waals surface area contributed by atoms with Crippen molar-refractivity contribution < 1.29 is 14.6 Å². The third-order valence-electron chi connectivity index (χ3n) is 2.53. The van der Waals surface area contributed by atoms with Crippen LogP contribution >= 0.6 is 11.6 Å². The number of aliphatic hydroxyl groups excluding tert-OH is 1. The Morgan fingerprint density at radius 1 is 1.56 bits per heavy atom. The van der Waals surface area contributed by atoms with Gasteiger partial charge in [-0.25, -0.2) is 0 Å². The molecule has 0 fully saturated rings. The van der Waals surface area contributed by atoms with E-state index in [0.29, 0.717) is 22.8 Å². The van der Waals surface area contributed by atoms with Crippen LogP contribution in [0.15, 0.2) is 18.2 Å². The van der Waals surface area contributed by atoms with Gasteiger partial charge in [0.2, 0.25) is 0 Å². The molecule has 0 heterocycles. The van der Waals surface area contributed by atoms with Crippen LogP contribution in [0.4, 0.5) is 0 Å². The Balaban J connectivity index is 2.61. The van der Waals surface area contributed by atoms with Crippen LogP contribution in [0.1, 0.15) is 30.1 Å². The molecular weight excluding hydrogens is 254 g/mol. The predicted molar refractivity (Wildman–Crippen MR) is 71.3 cm³/mol. The molecule has 1 aromatic rings. The SMILES string of the molecule is CCCC(O)CNC(=O)c1ccc(Cl)c(OC)c1. The third-order valence-corrected chi connectivity index (χ3v) is 2.85. The zero-order chi connectivity index (χ0) is 13.5. The maximum absolute atomic E-state index is 11.8. The van der Waals surface area contributed by atoms with E-state index < -0.39 is 6.10 Å². The van der Waals surface area contributed by atoms with Crippen LogP contribution in [0.2, 0.25) is 5.02 Å². The minimum atomic E-state index is -0.506. The van der Waals surface area contributed by atoms with Gasteiger partial charge in [0.15, 0.2) is 0 Å². The van der Waals surface area contributed by atoms with E-state index in [1.54, 1.807) is 18.2 Å². The van der Waals surface area contributed by atoms with Crippen LogP contribution in [-0.2, 0) is 0 Å². The second-order valence-electron chi connectivity index (χ2n) is 4.00. The first-order valence-corrected chi connectivity index (χ1v) is 6.26. The molecule has 0 saturated carbocycles. The van der Waals surface area contributed by atoms with E-state index in [-0.39, 0.29) is 12.5 Å². The number of benzene rings is 1. The smallest absolute Gasteiger partial charge is 0.251 e. The zero-order valence-electron chi connectivity index (χ0n) is 10.6. The monoisotopic (exact) mass is 271 g/mol. The molecule has 0 aliphatic heterocycles. The summed E-state index contributed by atoms with van der Waals surface area (Å²) >= 11 is 5.87. The normalized spacial score (nSPS) is 12.0. The minimum absolute atomic E-state index is 0.248. The average Bonchev–Trinajstić information content (AvgIpc) is 2.37. The zero-order valence-corrected chi connectivity index (χ0v) is 11.3. The largest absolute Gasteiger partial charge is 0.495 e. The fourth-order valence-corrected chi connectivity index (χ4v) is 1.74. The summed E-state index contributed by atoms with van der Waals surface area (Å²) in [6, 6.07) is 4.80. The van der Waals surface area contributed by atoms with Gasteiger partial charge in [-0.15, -0.1) is 0 Å². The van der Waals surface area contributed by atoms with Crippen LogP contribution in [0, 0.1) is 0 Å². The van der Waals surface area contributed by atoms with Crippen molar-refractivity contribution in [1.29, 1.82) is 0 Å². The highest BCUT2D eigenvalue weighted by atomic mass is 35.5. The molecule has 5 heteroatoms. The molecule has 2 N–H and O–H groups in total. The quantitative estimate of drug-likeness (QED) is 0.834. The number of carbonyl (C=O) groups is 1. The Bertz CT molecular complexity index is 409. The number of ether oxygens (including phenoxy) is 1. The van der Waals surface area contributed by atoms with E-state index in [4.69, 9.17) is 16.3 Å². The first-order valence-electron chi connectivity index (χ1n) is 5.88. The number of methoxy groups -OCH3 is 1. The molecule has 1 rings (SSSR count). The number of aliphatic hydroxyl groups is 1. The van der Waals surface area contributed by atoms with E-state index in [1.165, 1.54) is 7.11 Å². The standard InChI is InChI=1S/C13H18ClNO3/c1-3-4-10(16)8-15-13(17)9-5-6-11(14)12(7-9)18-2/h5-7,10,16H,3-4,8H2,1-2H3,(H,15,17). The molecule has 0 aromatic heterocycles. The number of nitrogens with one attached hydrogen (secondary N) is 1. The van der Waals surface area contributed by atoms with Gasteiger partial charge in [-0.3, -0.25) is 4.79 Å². The van der Waals surface area contributed by atoms with Crippen LogP contribution < -0.4 is 10.1 Å². The lowest BCUT2D eigenvalue weighted by Crippen LogP contribution is -2.31. The minimum Gasteiger partial charge on any atom is -0.495 e. The van der Waals surface area contributed by atoms with Gasteiger partial charge in [0.1, 0.15) is 5.75 Å². The fourth-order valence-electron chi connectivity index (χ4n) is 1.55. The van der Waals surface area contributed by atoms with E-state index in [0.717, 1.165) is 6.42 Å². The van der Waals surface area contributed by atoms with Gasteiger partial charge >= 0.3 is 0 Å². The van der Waals surface area contributed by atoms with E-state index in [9.17, 15) is 9.90 Å². The maximum atomic E-state index is 11.8. The highest BCUT2D eigenvalue weighted by molar-refractivity contribution is 6.32. The summed E-state index contributed by atoms with van der Waals surface area (Å²) in [6.07, 6.45) is 1.05. The number of carbonyl (C=O) groups excluding carboxylic acids is 1. The molecule has 18 heavy (non-hydrogen) atoms. The number of rotatable bonds is 6. The average molecular weight is 272 g/mol. The van der Waals surface area contributed by atoms with Crippen molar-refractivity contribution in [2.75, 3.05) is 13.7 Å². The molecule has 0 bridgehead atoms. The summed E-state index contributed by atoms with van der Waals surface area (Å²) < 4.78 is 5.04. The molecule has 0 radical (unpaired) electrons. The van der Waals surface area contributed by atoms with Gasteiger partial charge in [-0.1, -0.05) is 24.9 Å². The molecule has 1 atom stereocenters. The molecule has 100 valence electrons. The molecular formula is C13H18ClNO3. The second kappa shape index (κ2) is 7.24. The van der Waals surface area contributed by atoms with Crippen molar-refractivity contribution in [1.82, 2.24) is 5.32 Å². The van der Waals surface area contributed by atoms with Crippen molar-refractivity contribution in [2.45, 2.75) is 25.9 Å². The van der Waals surface area contributed by atoms with E-state index in [1.807, 2.05) is 6.92 Å². The Morgan fingerprint density at radius 2 is 2.28 bits per heavy atom. The molecule has 1 aromatic carbocycles. The number of hydrogen-bond donors (Lipinski definition) is 2. The van der Waals surface area contributed by atoms with Crippen molar-refractivity contribution in [3.05, 3.63) is 28.8 Å². The van der Waals surface area contributed by atoms with Gasteiger partial charge in [-0.2, -0.15) is 0 Å². The van der Waals surface area contributed by atoms with Crippen LogP contribution in [0.3, 0.4) is 0 Å². The Labute approximate surface area is 112 Å². The summed E-state index contributed by atoms with van der Waals surface area (Å²) in [7, 11) is 1.49.